The predicted molar refractivity (Wildman–Crippen MR) is 155 cm³/mol. The standard InChI is InChI=1S/C28H46F3N5O5Si/c1-18(34-25(38)40-26(2,3)4)17-39-21-11-13-36(23(21)37)20-10-12-35(16-22(20)41-42(8,9)27(5,6)7)24-32-14-19(15-33-24)28(29,30)31/h14-15,18,20-22H,10-13,16-17H2,1-9H3,(H,34,38)/t18?,20-,21?,22-/m1/s1. The Morgan fingerprint density at radius 3 is 2.26 bits per heavy atom. The molecule has 42 heavy (non-hydrogen) atoms. The topological polar surface area (TPSA) is 106 Å². The molecule has 0 bridgehead atoms. The van der Waals surface area contributed by atoms with E-state index in [1.165, 1.54) is 0 Å². The van der Waals surface area contributed by atoms with Crippen molar-refractivity contribution in [1.29, 1.82) is 0 Å². The average molecular weight is 618 g/mol. The minimum atomic E-state index is -4.52. The zero-order valence-electron chi connectivity index (χ0n) is 26.2. The molecule has 1 aromatic rings. The summed E-state index contributed by atoms with van der Waals surface area (Å²) < 4.78 is 57.2. The molecular weight excluding hydrogens is 571 g/mol. The molecule has 2 aliphatic heterocycles. The van der Waals surface area contributed by atoms with Crippen molar-refractivity contribution in [2.75, 3.05) is 31.1 Å². The Bertz CT molecular complexity index is 1090. The van der Waals surface area contributed by atoms with Crippen LogP contribution in [0.4, 0.5) is 23.9 Å². The summed E-state index contributed by atoms with van der Waals surface area (Å²) in [5, 5.41) is 2.63. The number of anilines is 1. The molecule has 0 spiro atoms. The number of aromatic nitrogens is 2. The molecule has 2 amide bonds. The van der Waals surface area contributed by atoms with E-state index in [0.717, 1.165) is 12.4 Å². The SMILES string of the molecule is CC(COC1CCN([C@@H]2CCN(c3ncc(C(F)(F)F)cn3)C[C@H]2O[Si](C)(C)C(C)(C)C)C1=O)NC(=O)OC(C)(C)C. The second kappa shape index (κ2) is 12.6. The van der Waals surface area contributed by atoms with Gasteiger partial charge in [-0.05, 0) is 52.2 Å². The van der Waals surface area contributed by atoms with Crippen molar-refractivity contribution in [3.8, 4) is 0 Å². The van der Waals surface area contributed by atoms with Gasteiger partial charge in [0.1, 0.15) is 11.7 Å². The highest BCUT2D eigenvalue weighted by Gasteiger charge is 2.47. The third kappa shape index (κ3) is 8.79. The molecule has 14 heteroatoms. The lowest BCUT2D eigenvalue weighted by atomic mass is 10.0. The molecule has 2 saturated heterocycles. The Morgan fingerprint density at radius 2 is 1.71 bits per heavy atom. The van der Waals surface area contributed by atoms with Crippen molar-refractivity contribution in [2.24, 2.45) is 0 Å². The third-order valence-electron chi connectivity index (χ3n) is 7.93. The van der Waals surface area contributed by atoms with E-state index < -0.39 is 37.9 Å². The summed E-state index contributed by atoms with van der Waals surface area (Å²) in [5.41, 5.74) is -1.52. The number of likely N-dealkylation sites (tertiary alicyclic amines) is 1. The molecule has 0 aliphatic carbocycles. The molecule has 2 aliphatic rings. The smallest absolute Gasteiger partial charge is 0.419 e. The minimum Gasteiger partial charge on any atom is -0.444 e. The number of nitrogens with one attached hydrogen (secondary N) is 1. The van der Waals surface area contributed by atoms with Gasteiger partial charge in [-0.1, -0.05) is 20.8 Å². The number of ether oxygens (including phenoxy) is 2. The van der Waals surface area contributed by atoms with Crippen LogP contribution in [0.5, 0.6) is 0 Å². The van der Waals surface area contributed by atoms with Crippen LogP contribution in [0.2, 0.25) is 18.1 Å². The lowest BCUT2D eigenvalue weighted by Gasteiger charge is -2.47. The number of carbonyl (C=O) groups is 2. The second-order valence-electron chi connectivity index (χ2n) is 13.7. The second-order valence-corrected chi connectivity index (χ2v) is 18.4. The highest BCUT2D eigenvalue weighted by Crippen LogP contribution is 2.39. The molecule has 4 atom stereocenters. The number of piperidine rings is 1. The maximum absolute atomic E-state index is 13.5. The zero-order valence-corrected chi connectivity index (χ0v) is 27.2. The predicted octanol–water partition coefficient (Wildman–Crippen LogP) is 5.00. The number of amides is 2. The Balaban J connectivity index is 1.70. The van der Waals surface area contributed by atoms with Gasteiger partial charge >= 0.3 is 12.3 Å². The van der Waals surface area contributed by atoms with Crippen molar-refractivity contribution in [3.63, 3.8) is 0 Å². The lowest BCUT2D eigenvalue weighted by Crippen LogP contribution is -2.60. The summed E-state index contributed by atoms with van der Waals surface area (Å²) in [6.45, 7) is 19.2. The first-order valence-electron chi connectivity index (χ1n) is 14.4. The van der Waals surface area contributed by atoms with E-state index in [-0.39, 0.29) is 41.7 Å². The van der Waals surface area contributed by atoms with Crippen LogP contribution in [0.1, 0.15) is 66.9 Å². The molecule has 0 saturated carbocycles. The number of carbonyl (C=O) groups excluding carboxylic acids is 2. The summed E-state index contributed by atoms with van der Waals surface area (Å²) >= 11 is 0. The maximum atomic E-state index is 13.5. The van der Waals surface area contributed by atoms with Crippen LogP contribution < -0.4 is 10.2 Å². The molecule has 238 valence electrons. The Kier molecular flexibility index (Phi) is 10.3. The fourth-order valence-corrected chi connectivity index (χ4v) is 6.06. The van der Waals surface area contributed by atoms with Gasteiger partial charge in [-0.25, -0.2) is 14.8 Å². The van der Waals surface area contributed by atoms with Crippen molar-refractivity contribution in [1.82, 2.24) is 20.2 Å². The molecule has 3 heterocycles. The Labute approximate surface area is 247 Å². The molecule has 2 unspecified atom stereocenters. The lowest BCUT2D eigenvalue weighted by molar-refractivity contribution is -0.141. The van der Waals surface area contributed by atoms with E-state index in [4.69, 9.17) is 13.9 Å². The van der Waals surface area contributed by atoms with Gasteiger partial charge in [-0.15, -0.1) is 0 Å². The van der Waals surface area contributed by atoms with Crippen molar-refractivity contribution < 1.29 is 36.7 Å². The van der Waals surface area contributed by atoms with Crippen LogP contribution in [0.25, 0.3) is 0 Å². The van der Waals surface area contributed by atoms with Crippen LogP contribution in [0.15, 0.2) is 12.4 Å². The van der Waals surface area contributed by atoms with Gasteiger partial charge in [0, 0.05) is 38.4 Å². The number of alkyl carbamates (subject to hydrolysis) is 1. The zero-order chi connectivity index (χ0) is 31.7. The number of hydrogen-bond donors (Lipinski definition) is 1. The van der Waals surface area contributed by atoms with Crippen LogP contribution in [0.3, 0.4) is 0 Å². The summed E-state index contributed by atoms with van der Waals surface area (Å²) in [7, 11) is -2.29. The van der Waals surface area contributed by atoms with E-state index in [0.29, 0.717) is 32.5 Å². The monoisotopic (exact) mass is 617 g/mol. The number of hydrogen-bond acceptors (Lipinski definition) is 8. The van der Waals surface area contributed by atoms with Gasteiger partial charge in [0.15, 0.2) is 8.32 Å². The Hall–Kier alpha value is -2.45. The summed E-state index contributed by atoms with van der Waals surface area (Å²) in [5.74, 6) is 0.0678. The van der Waals surface area contributed by atoms with Crippen LogP contribution in [0, 0.1) is 0 Å². The molecule has 1 N–H and O–H groups in total. The third-order valence-corrected chi connectivity index (χ3v) is 12.4. The van der Waals surface area contributed by atoms with Gasteiger partial charge in [-0.3, -0.25) is 4.79 Å². The molecule has 0 radical (unpaired) electrons. The van der Waals surface area contributed by atoms with Gasteiger partial charge in [-0.2, -0.15) is 13.2 Å². The average Bonchev–Trinajstić information content (AvgIpc) is 3.20. The molecule has 3 rings (SSSR count). The van der Waals surface area contributed by atoms with Crippen molar-refractivity contribution in [2.45, 2.75) is 116 Å². The first-order valence-corrected chi connectivity index (χ1v) is 17.3. The molecule has 0 aromatic carbocycles. The van der Waals surface area contributed by atoms with Gasteiger partial charge in [0.25, 0.3) is 5.91 Å². The van der Waals surface area contributed by atoms with E-state index in [1.54, 1.807) is 27.7 Å². The van der Waals surface area contributed by atoms with Crippen LogP contribution in [-0.4, -0.2) is 91.3 Å². The number of alkyl halides is 3. The fourth-order valence-electron chi connectivity index (χ4n) is 4.71. The van der Waals surface area contributed by atoms with Gasteiger partial charge in [0.2, 0.25) is 5.95 Å². The largest absolute Gasteiger partial charge is 0.444 e. The summed E-state index contributed by atoms with van der Waals surface area (Å²) in [4.78, 5) is 37.2. The highest BCUT2D eigenvalue weighted by molar-refractivity contribution is 6.74. The normalized spacial score (nSPS) is 23.2. The van der Waals surface area contributed by atoms with E-state index in [2.05, 4.69) is 49.1 Å². The van der Waals surface area contributed by atoms with Crippen LogP contribution >= 0.6 is 0 Å². The molecule has 1 aromatic heterocycles. The fraction of sp³-hybridized carbons (Fsp3) is 0.786. The number of halogens is 3. The van der Waals surface area contributed by atoms with Crippen molar-refractivity contribution >= 4 is 26.3 Å². The van der Waals surface area contributed by atoms with Crippen molar-refractivity contribution in [3.05, 3.63) is 18.0 Å². The van der Waals surface area contributed by atoms with E-state index >= 15 is 0 Å². The first kappa shape index (κ1) is 34.0. The van der Waals surface area contributed by atoms with Gasteiger partial charge < -0.3 is 29.0 Å². The van der Waals surface area contributed by atoms with E-state index in [1.807, 2.05) is 9.80 Å². The van der Waals surface area contributed by atoms with E-state index in [9.17, 15) is 22.8 Å². The Morgan fingerprint density at radius 1 is 1.10 bits per heavy atom. The van der Waals surface area contributed by atoms with Crippen LogP contribution in [-0.2, 0) is 24.9 Å². The minimum absolute atomic E-state index is 0.0946. The first-order chi connectivity index (χ1) is 19.2. The summed E-state index contributed by atoms with van der Waals surface area (Å²) in [6.07, 6.45) is -3.46. The van der Waals surface area contributed by atoms with Gasteiger partial charge in [0.05, 0.1) is 30.4 Å². The molecular formula is C28H46F3N5O5Si. The highest BCUT2D eigenvalue weighted by atomic mass is 28.4. The number of nitrogens with zero attached hydrogens (tertiary/aromatic N) is 4. The molecule has 2 fully saturated rings. The molecule has 10 nitrogen and oxygen atoms in total. The maximum Gasteiger partial charge on any atom is 0.419 e. The quantitative estimate of drug-likeness (QED) is 0.407. The number of rotatable bonds is 8. The summed E-state index contributed by atoms with van der Waals surface area (Å²) in [6, 6.07) is -0.591.